The molecule has 5 heteroatoms. The molecule has 0 amide bonds. The maximum Gasteiger partial charge on any atom is 0.227 e. The van der Waals surface area contributed by atoms with Gasteiger partial charge in [-0.05, 0) is 25.0 Å². The molecule has 0 atom stereocenters. The predicted molar refractivity (Wildman–Crippen MR) is 95.0 cm³/mol. The lowest BCUT2D eigenvalue weighted by Crippen LogP contribution is -2.47. The smallest absolute Gasteiger partial charge is 0.227 e. The Morgan fingerprint density at radius 2 is 1.83 bits per heavy atom. The normalized spacial score (nSPS) is 15.6. The van der Waals surface area contributed by atoms with Crippen LogP contribution in [0.3, 0.4) is 0 Å². The average Bonchev–Trinajstić information content (AvgIpc) is 2.62. The standard InChI is InChI=1S/C18H25N5/c1-2-19-17-8-10-20-18(21-17)23-14-12-22(13-15-23)11-9-16-6-4-3-5-7-16/h3-8,10H,2,9,11-15H2,1H3,(H,19,20,21). The Bertz CT molecular complexity index is 593. The molecule has 0 radical (unpaired) electrons. The van der Waals surface area contributed by atoms with E-state index < -0.39 is 0 Å². The number of hydrogen-bond acceptors (Lipinski definition) is 5. The molecule has 1 aliphatic rings. The van der Waals surface area contributed by atoms with Gasteiger partial charge in [-0.15, -0.1) is 0 Å². The fourth-order valence-corrected chi connectivity index (χ4v) is 2.88. The van der Waals surface area contributed by atoms with Crippen LogP contribution in [0.25, 0.3) is 0 Å². The lowest BCUT2D eigenvalue weighted by Gasteiger charge is -2.34. The van der Waals surface area contributed by atoms with Crippen LogP contribution in [0.5, 0.6) is 0 Å². The van der Waals surface area contributed by atoms with Gasteiger partial charge in [0.05, 0.1) is 0 Å². The van der Waals surface area contributed by atoms with Crippen LogP contribution in [0.1, 0.15) is 12.5 Å². The maximum absolute atomic E-state index is 4.59. The lowest BCUT2D eigenvalue weighted by molar-refractivity contribution is 0.260. The number of aromatic nitrogens is 2. The number of benzene rings is 1. The van der Waals surface area contributed by atoms with Crippen LogP contribution >= 0.6 is 0 Å². The minimum atomic E-state index is 0.839. The van der Waals surface area contributed by atoms with Gasteiger partial charge in [0.2, 0.25) is 5.95 Å². The van der Waals surface area contributed by atoms with Crippen LogP contribution in [-0.2, 0) is 6.42 Å². The summed E-state index contributed by atoms with van der Waals surface area (Å²) in [5.41, 5.74) is 1.41. The SMILES string of the molecule is CCNc1ccnc(N2CCN(CCc3ccccc3)CC2)n1. The van der Waals surface area contributed by atoms with E-state index in [1.165, 1.54) is 5.56 Å². The lowest BCUT2D eigenvalue weighted by atomic mass is 10.1. The van der Waals surface area contributed by atoms with Crippen LogP contribution < -0.4 is 10.2 Å². The summed E-state index contributed by atoms with van der Waals surface area (Å²) in [4.78, 5) is 13.8. The van der Waals surface area contributed by atoms with Gasteiger partial charge in [-0.2, -0.15) is 4.98 Å². The summed E-state index contributed by atoms with van der Waals surface area (Å²) in [5, 5.41) is 3.25. The van der Waals surface area contributed by atoms with Crippen molar-refractivity contribution < 1.29 is 0 Å². The summed E-state index contributed by atoms with van der Waals surface area (Å²) >= 11 is 0. The summed E-state index contributed by atoms with van der Waals surface area (Å²) in [6, 6.07) is 12.6. The Labute approximate surface area is 138 Å². The van der Waals surface area contributed by atoms with Crippen LogP contribution in [0, 0.1) is 0 Å². The number of anilines is 2. The summed E-state index contributed by atoms with van der Waals surface area (Å²) < 4.78 is 0. The molecule has 0 aliphatic carbocycles. The average molecular weight is 311 g/mol. The van der Waals surface area contributed by atoms with E-state index in [2.05, 4.69) is 62.3 Å². The van der Waals surface area contributed by atoms with Gasteiger partial charge >= 0.3 is 0 Å². The van der Waals surface area contributed by atoms with E-state index in [-0.39, 0.29) is 0 Å². The molecule has 1 aromatic carbocycles. The molecule has 122 valence electrons. The summed E-state index contributed by atoms with van der Waals surface area (Å²) in [6.07, 6.45) is 2.95. The molecule has 23 heavy (non-hydrogen) atoms. The quantitative estimate of drug-likeness (QED) is 0.886. The van der Waals surface area contributed by atoms with Gasteiger partial charge in [-0.25, -0.2) is 4.98 Å². The molecule has 1 saturated heterocycles. The summed E-state index contributed by atoms with van der Waals surface area (Å²) in [6.45, 7) is 8.20. The third kappa shape index (κ3) is 4.42. The molecule has 2 heterocycles. The fourth-order valence-electron chi connectivity index (χ4n) is 2.88. The molecule has 5 nitrogen and oxygen atoms in total. The molecule has 1 aliphatic heterocycles. The Morgan fingerprint density at radius 1 is 1.04 bits per heavy atom. The van der Waals surface area contributed by atoms with Crippen LogP contribution in [0.15, 0.2) is 42.6 Å². The second-order valence-electron chi connectivity index (χ2n) is 5.84. The molecule has 0 spiro atoms. The van der Waals surface area contributed by atoms with Gasteiger partial charge in [0.1, 0.15) is 5.82 Å². The molecule has 0 saturated carbocycles. The first-order chi connectivity index (χ1) is 11.3. The zero-order chi connectivity index (χ0) is 15.9. The number of rotatable bonds is 6. The molecule has 1 aromatic heterocycles. The predicted octanol–water partition coefficient (Wildman–Crippen LogP) is 2.27. The number of nitrogens with one attached hydrogen (secondary N) is 1. The van der Waals surface area contributed by atoms with E-state index in [0.717, 1.165) is 57.5 Å². The second kappa shape index (κ2) is 7.92. The van der Waals surface area contributed by atoms with Crippen molar-refractivity contribution in [2.45, 2.75) is 13.3 Å². The topological polar surface area (TPSA) is 44.3 Å². The van der Waals surface area contributed by atoms with E-state index in [9.17, 15) is 0 Å². The van der Waals surface area contributed by atoms with E-state index in [4.69, 9.17) is 0 Å². The van der Waals surface area contributed by atoms with Gasteiger partial charge in [0.15, 0.2) is 0 Å². The van der Waals surface area contributed by atoms with Crippen molar-refractivity contribution in [1.29, 1.82) is 0 Å². The van der Waals surface area contributed by atoms with Crippen LogP contribution in [0.2, 0.25) is 0 Å². The Morgan fingerprint density at radius 3 is 2.57 bits per heavy atom. The monoisotopic (exact) mass is 311 g/mol. The van der Waals surface area contributed by atoms with Crippen molar-refractivity contribution in [2.24, 2.45) is 0 Å². The van der Waals surface area contributed by atoms with Crippen molar-refractivity contribution in [3.05, 3.63) is 48.2 Å². The highest BCUT2D eigenvalue weighted by atomic mass is 15.3. The Balaban J connectivity index is 1.49. The third-order valence-electron chi connectivity index (χ3n) is 4.22. The fraction of sp³-hybridized carbons (Fsp3) is 0.444. The molecule has 1 fully saturated rings. The Kier molecular flexibility index (Phi) is 5.42. The first kappa shape index (κ1) is 15.7. The third-order valence-corrected chi connectivity index (χ3v) is 4.22. The second-order valence-corrected chi connectivity index (χ2v) is 5.84. The van der Waals surface area contributed by atoms with Gasteiger partial charge in [0.25, 0.3) is 0 Å². The van der Waals surface area contributed by atoms with E-state index >= 15 is 0 Å². The minimum absolute atomic E-state index is 0.839. The molecule has 1 N–H and O–H groups in total. The number of piperazine rings is 1. The molecule has 3 rings (SSSR count). The highest BCUT2D eigenvalue weighted by Crippen LogP contribution is 2.13. The van der Waals surface area contributed by atoms with E-state index in [1.807, 2.05) is 12.3 Å². The van der Waals surface area contributed by atoms with Crippen LogP contribution in [0.4, 0.5) is 11.8 Å². The number of hydrogen-bond donors (Lipinski definition) is 1. The van der Waals surface area contributed by atoms with Gasteiger partial charge < -0.3 is 10.2 Å². The van der Waals surface area contributed by atoms with Gasteiger partial charge in [-0.1, -0.05) is 30.3 Å². The molecule has 0 bridgehead atoms. The number of nitrogens with zero attached hydrogens (tertiary/aromatic N) is 4. The van der Waals surface area contributed by atoms with Crippen molar-refractivity contribution in [3.8, 4) is 0 Å². The van der Waals surface area contributed by atoms with E-state index in [0.29, 0.717) is 0 Å². The highest BCUT2D eigenvalue weighted by molar-refractivity contribution is 5.41. The largest absolute Gasteiger partial charge is 0.370 e. The summed E-state index contributed by atoms with van der Waals surface area (Å²) in [5.74, 6) is 1.75. The molecule has 0 unspecified atom stereocenters. The molecule has 2 aromatic rings. The highest BCUT2D eigenvalue weighted by Gasteiger charge is 2.18. The van der Waals surface area contributed by atoms with Crippen LogP contribution in [-0.4, -0.2) is 54.1 Å². The Hall–Kier alpha value is -2.14. The van der Waals surface area contributed by atoms with Crippen molar-refractivity contribution >= 4 is 11.8 Å². The minimum Gasteiger partial charge on any atom is -0.370 e. The zero-order valence-electron chi connectivity index (χ0n) is 13.8. The summed E-state index contributed by atoms with van der Waals surface area (Å²) in [7, 11) is 0. The van der Waals surface area contributed by atoms with Gasteiger partial charge in [0, 0.05) is 45.5 Å². The zero-order valence-corrected chi connectivity index (χ0v) is 13.8. The van der Waals surface area contributed by atoms with Gasteiger partial charge in [-0.3, -0.25) is 4.90 Å². The first-order valence-corrected chi connectivity index (χ1v) is 8.43. The first-order valence-electron chi connectivity index (χ1n) is 8.43. The molecular weight excluding hydrogens is 286 g/mol. The van der Waals surface area contributed by atoms with E-state index in [1.54, 1.807) is 0 Å². The van der Waals surface area contributed by atoms with Crippen molar-refractivity contribution in [3.63, 3.8) is 0 Å². The van der Waals surface area contributed by atoms with Crippen molar-refractivity contribution in [2.75, 3.05) is 49.5 Å². The maximum atomic E-state index is 4.59. The van der Waals surface area contributed by atoms with Crippen molar-refractivity contribution in [1.82, 2.24) is 14.9 Å². The molecular formula is C18H25N5.